The molecule has 1 heterocycles. The summed E-state index contributed by atoms with van der Waals surface area (Å²) in [6.07, 6.45) is -2.08. The number of carbonyl (C=O) groups is 3. The van der Waals surface area contributed by atoms with Gasteiger partial charge in [0.15, 0.2) is 6.04 Å². The zero-order valence-corrected chi connectivity index (χ0v) is 21.5. The maximum absolute atomic E-state index is 13.1. The third kappa shape index (κ3) is 9.85. The average Bonchev–Trinajstić information content (AvgIpc) is 2.68. The van der Waals surface area contributed by atoms with Crippen LogP contribution in [0.5, 0.6) is 0 Å². The maximum Gasteiger partial charge on any atom is 0.420 e. The van der Waals surface area contributed by atoms with Crippen molar-refractivity contribution in [1.29, 1.82) is 0 Å². The minimum Gasteiger partial charge on any atom is -0.458 e. The standard InChI is InChI=1S/C23H41NO9/c1-10-11-12-30-17-14-29-13-16(19(25)31-15(2)18(17)28-9)24(20(26)32-22(3,4)5)21(27)33-23(6,7)8/h15-18H,10-14H2,1-9H3/t15-,16-,17-,18-/m0/s1. The number of unbranched alkanes of at least 4 members (excludes halogenated alkanes) is 1. The van der Waals surface area contributed by atoms with Crippen LogP contribution < -0.4 is 0 Å². The molecule has 192 valence electrons. The van der Waals surface area contributed by atoms with Crippen LogP contribution in [0.25, 0.3) is 0 Å². The largest absolute Gasteiger partial charge is 0.458 e. The molecule has 1 saturated heterocycles. The molecule has 10 nitrogen and oxygen atoms in total. The summed E-state index contributed by atoms with van der Waals surface area (Å²) in [6.45, 7) is 13.9. The van der Waals surface area contributed by atoms with Crippen LogP contribution in [0.15, 0.2) is 0 Å². The molecule has 2 amide bonds. The topological polar surface area (TPSA) is 110 Å². The van der Waals surface area contributed by atoms with Crippen LogP contribution >= 0.6 is 0 Å². The van der Waals surface area contributed by atoms with Crippen molar-refractivity contribution >= 4 is 18.2 Å². The van der Waals surface area contributed by atoms with Gasteiger partial charge >= 0.3 is 18.2 Å². The lowest BCUT2D eigenvalue weighted by atomic mass is 10.1. The quantitative estimate of drug-likeness (QED) is 0.323. The molecule has 0 saturated carbocycles. The second-order valence-electron chi connectivity index (χ2n) is 9.99. The average molecular weight is 476 g/mol. The van der Waals surface area contributed by atoms with Gasteiger partial charge in [0, 0.05) is 13.7 Å². The van der Waals surface area contributed by atoms with Gasteiger partial charge in [0.05, 0.1) is 13.2 Å². The molecule has 0 N–H and O–H groups in total. The molecule has 0 spiro atoms. The molecule has 0 bridgehead atoms. The molecule has 0 aromatic heterocycles. The number of methoxy groups -OCH3 is 1. The van der Waals surface area contributed by atoms with Gasteiger partial charge in [0.1, 0.15) is 29.5 Å². The number of carbonyl (C=O) groups excluding carboxylic acids is 3. The van der Waals surface area contributed by atoms with Gasteiger partial charge in [0.2, 0.25) is 0 Å². The number of nitrogens with zero attached hydrogens (tertiary/aromatic N) is 1. The molecule has 1 aliphatic rings. The van der Waals surface area contributed by atoms with E-state index in [-0.39, 0.29) is 13.2 Å². The second kappa shape index (κ2) is 12.5. The Balaban J connectivity index is 3.22. The number of amides is 2. The van der Waals surface area contributed by atoms with Crippen molar-refractivity contribution in [2.75, 3.05) is 26.9 Å². The van der Waals surface area contributed by atoms with Crippen LogP contribution in [0, 0.1) is 0 Å². The van der Waals surface area contributed by atoms with E-state index in [1.807, 2.05) is 6.92 Å². The van der Waals surface area contributed by atoms with Gasteiger partial charge in [0.25, 0.3) is 0 Å². The van der Waals surface area contributed by atoms with Crippen molar-refractivity contribution < 1.29 is 42.8 Å². The van der Waals surface area contributed by atoms with Crippen molar-refractivity contribution in [3.8, 4) is 0 Å². The smallest absolute Gasteiger partial charge is 0.420 e. The van der Waals surface area contributed by atoms with E-state index in [1.54, 1.807) is 48.5 Å². The molecular weight excluding hydrogens is 434 g/mol. The molecule has 0 unspecified atom stereocenters. The highest BCUT2D eigenvalue weighted by Crippen LogP contribution is 2.21. The molecule has 1 aliphatic heterocycles. The van der Waals surface area contributed by atoms with E-state index < -0.39 is 53.7 Å². The van der Waals surface area contributed by atoms with Crippen LogP contribution in [-0.2, 0) is 33.2 Å². The summed E-state index contributed by atoms with van der Waals surface area (Å²) in [5, 5.41) is 0. The first kappa shape index (κ1) is 29.1. The van der Waals surface area contributed by atoms with Crippen LogP contribution in [0.1, 0.15) is 68.2 Å². The van der Waals surface area contributed by atoms with Gasteiger partial charge in [-0.05, 0) is 54.9 Å². The van der Waals surface area contributed by atoms with Gasteiger partial charge in [-0.1, -0.05) is 13.3 Å². The van der Waals surface area contributed by atoms with Crippen molar-refractivity contribution in [2.45, 2.75) is 104 Å². The first-order valence-electron chi connectivity index (χ1n) is 11.4. The zero-order valence-electron chi connectivity index (χ0n) is 21.5. The number of hydrogen-bond donors (Lipinski definition) is 0. The van der Waals surface area contributed by atoms with Crippen LogP contribution in [0.4, 0.5) is 9.59 Å². The predicted molar refractivity (Wildman–Crippen MR) is 120 cm³/mol. The Labute approximate surface area is 197 Å². The van der Waals surface area contributed by atoms with Gasteiger partial charge in [-0.15, -0.1) is 0 Å². The summed E-state index contributed by atoms with van der Waals surface area (Å²) in [5.74, 6) is -0.838. The van der Waals surface area contributed by atoms with Crippen molar-refractivity contribution in [2.24, 2.45) is 0 Å². The molecule has 0 aromatic rings. The fourth-order valence-corrected chi connectivity index (χ4v) is 3.09. The number of esters is 1. The van der Waals surface area contributed by atoms with E-state index in [2.05, 4.69) is 0 Å². The van der Waals surface area contributed by atoms with E-state index >= 15 is 0 Å². The minimum atomic E-state index is -1.41. The highest BCUT2D eigenvalue weighted by Gasteiger charge is 2.44. The molecule has 1 rings (SSSR count). The van der Waals surface area contributed by atoms with Gasteiger partial charge < -0.3 is 28.4 Å². The highest BCUT2D eigenvalue weighted by atomic mass is 16.6. The van der Waals surface area contributed by atoms with E-state index in [0.29, 0.717) is 11.5 Å². The van der Waals surface area contributed by atoms with E-state index in [0.717, 1.165) is 12.8 Å². The van der Waals surface area contributed by atoms with E-state index in [1.165, 1.54) is 7.11 Å². The fourth-order valence-electron chi connectivity index (χ4n) is 3.09. The third-order valence-electron chi connectivity index (χ3n) is 4.56. The first-order chi connectivity index (χ1) is 15.2. The van der Waals surface area contributed by atoms with Crippen molar-refractivity contribution in [1.82, 2.24) is 4.90 Å². The summed E-state index contributed by atoms with van der Waals surface area (Å²) in [6, 6.07) is -1.41. The minimum absolute atomic E-state index is 0.0795. The molecular formula is C23H41NO9. The molecule has 0 aliphatic carbocycles. The monoisotopic (exact) mass is 475 g/mol. The highest BCUT2D eigenvalue weighted by molar-refractivity contribution is 5.94. The Bertz CT molecular complexity index is 625. The van der Waals surface area contributed by atoms with Crippen molar-refractivity contribution in [3.63, 3.8) is 0 Å². The summed E-state index contributed by atoms with van der Waals surface area (Å²) in [7, 11) is 1.49. The first-order valence-corrected chi connectivity index (χ1v) is 11.4. The summed E-state index contributed by atoms with van der Waals surface area (Å²) < 4.78 is 33.5. The lowest BCUT2D eigenvalue weighted by molar-refractivity contribution is -0.166. The zero-order chi connectivity index (χ0) is 25.4. The molecule has 4 atom stereocenters. The predicted octanol–water partition coefficient (Wildman–Crippen LogP) is 3.69. The fraction of sp³-hybridized carbons (Fsp3) is 0.870. The molecule has 10 heteroatoms. The summed E-state index contributed by atoms with van der Waals surface area (Å²) in [5.41, 5.74) is -1.82. The van der Waals surface area contributed by atoms with Gasteiger partial charge in [-0.3, -0.25) is 0 Å². The second-order valence-corrected chi connectivity index (χ2v) is 9.99. The van der Waals surface area contributed by atoms with Gasteiger partial charge in [-0.2, -0.15) is 4.90 Å². The number of rotatable bonds is 6. The van der Waals surface area contributed by atoms with Crippen molar-refractivity contribution in [3.05, 3.63) is 0 Å². The molecule has 1 fully saturated rings. The summed E-state index contributed by atoms with van der Waals surface area (Å²) in [4.78, 5) is 39.6. The summed E-state index contributed by atoms with van der Waals surface area (Å²) >= 11 is 0. The van der Waals surface area contributed by atoms with Crippen LogP contribution in [0.3, 0.4) is 0 Å². The van der Waals surface area contributed by atoms with E-state index in [4.69, 9.17) is 28.4 Å². The Hall–Kier alpha value is -1.91. The molecule has 33 heavy (non-hydrogen) atoms. The Morgan fingerprint density at radius 1 is 1.03 bits per heavy atom. The number of cyclic esters (lactones) is 1. The Morgan fingerprint density at radius 3 is 2.03 bits per heavy atom. The normalized spacial score (nSPS) is 24.7. The number of hydrogen-bond acceptors (Lipinski definition) is 9. The van der Waals surface area contributed by atoms with Crippen LogP contribution in [0.2, 0.25) is 0 Å². The Morgan fingerprint density at radius 2 is 1.58 bits per heavy atom. The third-order valence-corrected chi connectivity index (χ3v) is 4.56. The SMILES string of the molecule is CCCCO[C@H]1COC[C@H](N(C(=O)OC(C)(C)C)C(=O)OC(C)(C)C)C(=O)O[C@@H](C)[C@@H]1OC. The lowest BCUT2D eigenvalue weighted by Crippen LogP contribution is -2.54. The number of imide groups is 1. The van der Waals surface area contributed by atoms with E-state index in [9.17, 15) is 14.4 Å². The Kier molecular flexibility index (Phi) is 11.1. The van der Waals surface area contributed by atoms with Gasteiger partial charge in [-0.25, -0.2) is 14.4 Å². The number of ether oxygens (including phenoxy) is 6. The maximum atomic E-state index is 13.1. The lowest BCUT2D eigenvalue weighted by Gasteiger charge is -2.32. The van der Waals surface area contributed by atoms with Crippen LogP contribution in [-0.4, -0.2) is 85.5 Å². The molecule has 0 aromatic carbocycles. The molecule has 0 radical (unpaired) electrons.